The smallest absolute Gasteiger partial charge is 0.157 e. The predicted octanol–water partition coefficient (Wildman–Crippen LogP) is 3.37. The molecule has 1 N–H and O–H groups in total. The minimum Gasteiger partial charge on any atom is -0.356 e. The molecule has 98 valence electrons. The predicted molar refractivity (Wildman–Crippen MR) is 79.4 cm³/mol. The quantitative estimate of drug-likeness (QED) is 0.903. The average molecular weight is 281 g/mol. The number of fused-ring (bicyclic) bond motifs is 1. The van der Waals surface area contributed by atoms with Gasteiger partial charge in [-0.15, -0.1) is 11.3 Å². The van der Waals surface area contributed by atoms with Crippen LogP contribution < -0.4 is 5.32 Å². The Bertz CT molecular complexity index is 455. The number of hydrogen-bond acceptors (Lipinski definition) is 5. The van der Waals surface area contributed by atoms with Crippen LogP contribution in [-0.4, -0.2) is 21.9 Å². The molecule has 3 unspecified atom stereocenters. The Morgan fingerprint density at radius 3 is 3.11 bits per heavy atom. The molecule has 5 heteroatoms. The maximum absolute atomic E-state index is 4.86. The van der Waals surface area contributed by atoms with Crippen LogP contribution in [0.1, 0.15) is 42.9 Å². The molecule has 1 saturated carbocycles. The van der Waals surface area contributed by atoms with Gasteiger partial charge < -0.3 is 5.32 Å². The van der Waals surface area contributed by atoms with Crippen molar-refractivity contribution in [3.05, 3.63) is 16.1 Å². The van der Waals surface area contributed by atoms with Gasteiger partial charge in [-0.05, 0) is 32.6 Å². The molecule has 0 saturated heterocycles. The number of thioether (sulfide) groups is 1. The minimum absolute atomic E-state index is 0.271. The Morgan fingerprint density at radius 2 is 2.33 bits per heavy atom. The first-order valence-corrected chi connectivity index (χ1v) is 8.48. The molecule has 1 aliphatic heterocycles. The summed E-state index contributed by atoms with van der Waals surface area (Å²) in [5.74, 6) is 2.07. The molecule has 0 amide bonds. The third kappa shape index (κ3) is 2.57. The lowest BCUT2D eigenvalue weighted by atomic mass is 10.1. The summed E-state index contributed by atoms with van der Waals surface area (Å²) < 4.78 is 0. The van der Waals surface area contributed by atoms with Gasteiger partial charge in [0.2, 0.25) is 0 Å². The van der Waals surface area contributed by atoms with Gasteiger partial charge in [-0.3, -0.25) is 4.99 Å². The third-order valence-corrected chi connectivity index (χ3v) is 5.92. The van der Waals surface area contributed by atoms with Crippen LogP contribution in [0.15, 0.2) is 10.4 Å². The zero-order valence-electron chi connectivity index (χ0n) is 10.8. The highest BCUT2D eigenvalue weighted by molar-refractivity contribution is 8.13. The Kier molecular flexibility index (Phi) is 3.61. The van der Waals surface area contributed by atoms with E-state index in [1.165, 1.54) is 25.0 Å². The zero-order chi connectivity index (χ0) is 12.5. The first-order chi connectivity index (χ1) is 8.72. The second-order valence-corrected chi connectivity index (χ2v) is 7.10. The Labute approximate surface area is 116 Å². The number of aromatic nitrogens is 1. The van der Waals surface area contributed by atoms with Gasteiger partial charge in [0.1, 0.15) is 5.01 Å². The van der Waals surface area contributed by atoms with Crippen LogP contribution in [0.3, 0.4) is 0 Å². The lowest BCUT2D eigenvalue weighted by Crippen LogP contribution is -2.31. The molecule has 0 spiro atoms. The van der Waals surface area contributed by atoms with Crippen LogP contribution in [0.25, 0.3) is 0 Å². The van der Waals surface area contributed by atoms with Crippen molar-refractivity contribution in [2.45, 2.75) is 45.2 Å². The number of hydrogen-bond donors (Lipinski definition) is 1. The van der Waals surface area contributed by atoms with Crippen molar-refractivity contribution in [2.75, 3.05) is 5.75 Å². The molecule has 1 aromatic rings. The summed E-state index contributed by atoms with van der Waals surface area (Å²) in [6, 6.07) is 0.854. The molecule has 3 rings (SSSR count). The Balaban J connectivity index is 1.66. The van der Waals surface area contributed by atoms with Gasteiger partial charge in [0.25, 0.3) is 0 Å². The van der Waals surface area contributed by atoms with E-state index in [1.807, 2.05) is 18.7 Å². The lowest BCUT2D eigenvalue weighted by Gasteiger charge is -2.25. The molecular formula is C13H19N3S2. The molecule has 0 bridgehead atoms. The van der Waals surface area contributed by atoms with E-state index in [0.717, 1.165) is 21.8 Å². The molecule has 0 aromatic carbocycles. The normalized spacial score (nSPS) is 28.7. The van der Waals surface area contributed by atoms with Crippen LogP contribution in [-0.2, 0) is 0 Å². The summed E-state index contributed by atoms with van der Waals surface area (Å²) in [4.78, 5) is 9.40. The maximum Gasteiger partial charge on any atom is 0.157 e. The van der Waals surface area contributed by atoms with E-state index in [1.54, 1.807) is 11.3 Å². The molecule has 3 nitrogen and oxygen atoms in total. The van der Waals surface area contributed by atoms with E-state index in [4.69, 9.17) is 4.99 Å². The van der Waals surface area contributed by atoms with Crippen molar-refractivity contribution in [3.63, 3.8) is 0 Å². The number of aliphatic imine (C=N–C) groups is 1. The fourth-order valence-corrected chi connectivity index (χ4v) is 4.69. The summed E-state index contributed by atoms with van der Waals surface area (Å²) >= 11 is 3.61. The maximum atomic E-state index is 4.86. The minimum atomic E-state index is 0.271. The fourth-order valence-electron chi connectivity index (χ4n) is 2.65. The van der Waals surface area contributed by atoms with Gasteiger partial charge in [0.05, 0.1) is 12.1 Å². The highest BCUT2D eigenvalue weighted by Crippen LogP contribution is 2.35. The molecule has 1 aromatic heterocycles. The monoisotopic (exact) mass is 281 g/mol. The van der Waals surface area contributed by atoms with Crippen LogP contribution in [0.4, 0.5) is 0 Å². The van der Waals surface area contributed by atoms with E-state index < -0.39 is 0 Å². The fraction of sp³-hybridized carbons (Fsp3) is 0.692. The van der Waals surface area contributed by atoms with E-state index in [9.17, 15) is 0 Å². The third-order valence-electron chi connectivity index (χ3n) is 3.68. The van der Waals surface area contributed by atoms with Crippen molar-refractivity contribution in [1.29, 1.82) is 0 Å². The molecular weight excluding hydrogens is 262 g/mol. The van der Waals surface area contributed by atoms with Crippen molar-refractivity contribution in [2.24, 2.45) is 10.9 Å². The van der Waals surface area contributed by atoms with Crippen molar-refractivity contribution in [1.82, 2.24) is 10.3 Å². The van der Waals surface area contributed by atoms with E-state index in [2.05, 4.69) is 22.6 Å². The topological polar surface area (TPSA) is 37.3 Å². The number of nitrogens with zero attached hydrogens (tertiary/aromatic N) is 2. The van der Waals surface area contributed by atoms with Gasteiger partial charge in [-0.1, -0.05) is 18.2 Å². The Morgan fingerprint density at radius 1 is 1.44 bits per heavy atom. The molecule has 3 atom stereocenters. The largest absolute Gasteiger partial charge is 0.356 e. The van der Waals surface area contributed by atoms with E-state index >= 15 is 0 Å². The second kappa shape index (κ2) is 5.21. The number of thiazole rings is 1. The highest BCUT2D eigenvalue weighted by Gasteiger charge is 2.31. The summed E-state index contributed by atoms with van der Waals surface area (Å²) in [5, 5.41) is 7.91. The van der Waals surface area contributed by atoms with Crippen molar-refractivity contribution < 1.29 is 0 Å². The molecule has 18 heavy (non-hydrogen) atoms. The van der Waals surface area contributed by atoms with Crippen LogP contribution in [0, 0.1) is 12.8 Å². The van der Waals surface area contributed by atoms with E-state index in [0.29, 0.717) is 6.04 Å². The second-order valence-electron chi connectivity index (χ2n) is 5.20. The highest BCUT2D eigenvalue weighted by atomic mass is 32.2. The molecule has 1 aliphatic carbocycles. The molecule has 2 aliphatic rings. The van der Waals surface area contributed by atoms with Crippen molar-refractivity contribution >= 4 is 28.3 Å². The van der Waals surface area contributed by atoms with Crippen molar-refractivity contribution in [3.8, 4) is 0 Å². The number of aryl methyl sites for hydroxylation is 1. The van der Waals surface area contributed by atoms with Gasteiger partial charge >= 0.3 is 0 Å². The first-order valence-electron chi connectivity index (χ1n) is 6.61. The van der Waals surface area contributed by atoms with Crippen LogP contribution in [0.5, 0.6) is 0 Å². The Hall–Kier alpha value is -0.550. The summed E-state index contributed by atoms with van der Waals surface area (Å²) in [5.41, 5.74) is 1.11. The molecule has 1 fully saturated rings. The summed E-state index contributed by atoms with van der Waals surface area (Å²) in [6.45, 7) is 4.21. The van der Waals surface area contributed by atoms with Gasteiger partial charge in [-0.2, -0.15) is 0 Å². The number of amidine groups is 1. The zero-order valence-corrected chi connectivity index (χ0v) is 12.5. The van der Waals surface area contributed by atoms with Crippen LogP contribution in [0.2, 0.25) is 0 Å². The number of rotatable bonds is 2. The SMILES string of the molecule is Cc1csc(C(C)NC2=NC3CCCC3CS2)n1. The lowest BCUT2D eigenvalue weighted by molar-refractivity contribution is 0.531. The number of nitrogens with one attached hydrogen (secondary N) is 1. The molecule has 2 heterocycles. The average Bonchev–Trinajstić information content (AvgIpc) is 2.96. The molecule has 0 radical (unpaired) electrons. The van der Waals surface area contributed by atoms with Gasteiger partial charge in [0, 0.05) is 16.8 Å². The van der Waals surface area contributed by atoms with E-state index in [-0.39, 0.29) is 6.04 Å². The standard InChI is InChI=1S/C13H19N3S2/c1-8-6-17-12(14-8)9(2)15-13-16-11-5-3-4-10(11)7-18-13/h6,9-11H,3-5,7H2,1-2H3,(H,15,16). The van der Waals surface area contributed by atoms with Gasteiger partial charge in [0.15, 0.2) is 5.17 Å². The summed E-state index contributed by atoms with van der Waals surface area (Å²) in [6.07, 6.45) is 4.00. The van der Waals surface area contributed by atoms with Gasteiger partial charge in [-0.25, -0.2) is 4.98 Å². The summed E-state index contributed by atoms with van der Waals surface area (Å²) in [7, 11) is 0. The first kappa shape index (κ1) is 12.5. The van der Waals surface area contributed by atoms with Crippen LogP contribution >= 0.6 is 23.1 Å².